The monoisotopic (exact) mass is 273 g/mol. The van der Waals surface area contributed by atoms with Gasteiger partial charge >= 0.3 is 0 Å². The Morgan fingerprint density at radius 2 is 2.00 bits per heavy atom. The first-order valence-electron chi connectivity index (χ1n) is 6.90. The molecule has 4 heteroatoms. The predicted octanol–water partition coefficient (Wildman–Crippen LogP) is 2.56. The molecule has 2 aromatic rings. The van der Waals surface area contributed by atoms with Gasteiger partial charge in [-0.3, -0.25) is 4.90 Å². The lowest BCUT2D eigenvalue weighted by Crippen LogP contribution is -2.30. The molecule has 0 radical (unpaired) electrons. The summed E-state index contributed by atoms with van der Waals surface area (Å²) >= 11 is 0. The van der Waals surface area contributed by atoms with Gasteiger partial charge in [0.05, 0.1) is 6.54 Å². The van der Waals surface area contributed by atoms with Crippen LogP contribution in [-0.4, -0.2) is 22.7 Å². The second-order valence-electron chi connectivity index (χ2n) is 5.23. The van der Waals surface area contributed by atoms with E-state index >= 15 is 0 Å². The van der Waals surface area contributed by atoms with Gasteiger partial charge in [-0.1, -0.05) is 18.2 Å². The highest BCUT2D eigenvalue weighted by atomic mass is 16.5. The summed E-state index contributed by atoms with van der Waals surface area (Å²) in [5, 5.41) is 9.05. The van der Waals surface area contributed by atoms with Crippen molar-refractivity contribution >= 4 is 0 Å². The maximum atomic E-state index is 9.05. The standard InChI is InChI=1S/C16H19NO3/c1-12-8-17(10-14-6-7-15(11-18)20-14)9-13-4-2-3-5-16(13)19-12/h2-7,12,18H,8-11H2,1H3. The lowest BCUT2D eigenvalue weighted by molar-refractivity contribution is 0.148. The average Bonchev–Trinajstić information content (AvgIpc) is 2.81. The number of furan rings is 1. The van der Waals surface area contributed by atoms with E-state index in [4.69, 9.17) is 14.3 Å². The summed E-state index contributed by atoms with van der Waals surface area (Å²) < 4.78 is 11.5. The van der Waals surface area contributed by atoms with Gasteiger partial charge in [0.2, 0.25) is 0 Å². The fraction of sp³-hybridized carbons (Fsp3) is 0.375. The van der Waals surface area contributed by atoms with Crippen molar-refractivity contribution in [2.45, 2.75) is 32.7 Å². The Morgan fingerprint density at radius 1 is 1.20 bits per heavy atom. The molecule has 1 atom stereocenters. The molecule has 0 saturated carbocycles. The highest BCUT2D eigenvalue weighted by Crippen LogP contribution is 2.25. The number of aliphatic hydroxyl groups is 1. The van der Waals surface area contributed by atoms with Crippen LogP contribution in [0.5, 0.6) is 5.75 Å². The quantitative estimate of drug-likeness (QED) is 0.933. The number of rotatable bonds is 3. The molecule has 1 aliphatic rings. The van der Waals surface area contributed by atoms with Crippen molar-refractivity contribution in [2.24, 2.45) is 0 Å². The first-order chi connectivity index (χ1) is 9.74. The van der Waals surface area contributed by atoms with Crippen LogP contribution in [0.1, 0.15) is 24.0 Å². The van der Waals surface area contributed by atoms with Gasteiger partial charge in [-0.2, -0.15) is 0 Å². The highest BCUT2D eigenvalue weighted by Gasteiger charge is 2.20. The van der Waals surface area contributed by atoms with Crippen molar-refractivity contribution in [1.29, 1.82) is 0 Å². The van der Waals surface area contributed by atoms with Gasteiger partial charge in [0, 0.05) is 18.7 Å². The zero-order valence-corrected chi connectivity index (χ0v) is 11.6. The Labute approximate surface area is 118 Å². The van der Waals surface area contributed by atoms with E-state index in [0.717, 1.165) is 31.1 Å². The second kappa shape index (κ2) is 5.69. The van der Waals surface area contributed by atoms with E-state index in [9.17, 15) is 0 Å². The van der Waals surface area contributed by atoms with Gasteiger partial charge in [-0.25, -0.2) is 0 Å². The van der Waals surface area contributed by atoms with Gasteiger partial charge < -0.3 is 14.3 Å². The average molecular weight is 273 g/mol. The highest BCUT2D eigenvalue weighted by molar-refractivity contribution is 5.34. The number of hydrogen-bond acceptors (Lipinski definition) is 4. The summed E-state index contributed by atoms with van der Waals surface area (Å²) in [6, 6.07) is 11.9. The Morgan fingerprint density at radius 3 is 2.80 bits per heavy atom. The molecule has 0 bridgehead atoms. The number of nitrogens with zero attached hydrogens (tertiary/aromatic N) is 1. The van der Waals surface area contributed by atoms with Crippen LogP contribution >= 0.6 is 0 Å². The summed E-state index contributed by atoms with van der Waals surface area (Å²) in [6.07, 6.45) is 0.144. The van der Waals surface area contributed by atoms with Crippen molar-refractivity contribution in [1.82, 2.24) is 4.90 Å². The third-order valence-corrected chi connectivity index (χ3v) is 3.46. The lowest BCUT2D eigenvalue weighted by Gasteiger charge is -2.20. The zero-order chi connectivity index (χ0) is 13.9. The van der Waals surface area contributed by atoms with Gasteiger partial charge in [0.15, 0.2) is 0 Å². The summed E-state index contributed by atoms with van der Waals surface area (Å²) in [4.78, 5) is 2.30. The summed E-state index contributed by atoms with van der Waals surface area (Å²) in [6.45, 7) is 4.44. The maximum absolute atomic E-state index is 9.05. The molecule has 0 saturated heterocycles. The van der Waals surface area contributed by atoms with Crippen LogP contribution < -0.4 is 4.74 Å². The molecule has 1 aromatic heterocycles. The Kier molecular flexibility index (Phi) is 3.76. The smallest absolute Gasteiger partial charge is 0.129 e. The van der Waals surface area contributed by atoms with E-state index in [1.54, 1.807) is 0 Å². The van der Waals surface area contributed by atoms with Gasteiger partial charge in [0.25, 0.3) is 0 Å². The molecule has 1 aliphatic heterocycles. The summed E-state index contributed by atoms with van der Waals surface area (Å²) in [5.41, 5.74) is 1.20. The summed E-state index contributed by atoms with van der Waals surface area (Å²) in [7, 11) is 0. The van der Waals surface area contributed by atoms with Crippen molar-refractivity contribution in [3.8, 4) is 5.75 Å². The molecule has 2 heterocycles. The van der Waals surface area contributed by atoms with Crippen molar-refractivity contribution in [2.75, 3.05) is 6.54 Å². The second-order valence-corrected chi connectivity index (χ2v) is 5.23. The molecule has 106 valence electrons. The molecule has 0 amide bonds. The molecule has 1 unspecified atom stereocenters. The third-order valence-electron chi connectivity index (χ3n) is 3.46. The first-order valence-corrected chi connectivity index (χ1v) is 6.90. The number of fused-ring (bicyclic) bond motifs is 1. The summed E-state index contributed by atoms with van der Waals surface area (Å²) in [5.74, 6) is 2.46. The van der Waals surface area contributed by atoms with Gasteiger partial charge in [-0.15, -0.1) is 0 Å². The minimum Gasteiger partial charge on any atom is -0.489 e. The topological polar surface area (TPSA) is 45.8 Å². The number of ether oxygens (including phenoxy) is 1. The molecule has 1 aromatic carbocycles. The SMILES string of the molecule is CC1CN(Cc2ccc(CO)o2)Cc2ccccc2O1. The molecule has 0 aliphatic carbocycles. The fourth-order valence-corrected chi connectivity index (χ4v) is 2.61. The lowest BCUT2D eigenvalue weighted by atomic mass is 10.2. The molecule has 4 nitrogen and oxygen atoms in total. The molecule has 3 rings (SSSR count). The molecular formula is C16H19NO3. The zero-order valence-electron chi connectivity index (χ0n) is 11.6. The third kappa shape index (κ3) is 2.86. The largest absolute Gasteiger partial charge is 0.489 e. The van der Waals surface area contributed by atoms with Crippen LogP contribution in [0.3, 0.4) is 0 Å². The minimum atomic E-state index is -0.0532. The van der Waals surface area contributed by atoms with Crippen LogP contribution in [0.15, 0.2) is 40.8 Å². The first kappa shape index (κ1) is 13.2. The van der Waals surface area contributed by atoms with Crippen molar-refractivity contribution in [3.63, 3.8) is 0 Å². The van der Waals surface area contributed by atoms with Gasteiger partial charge in [-0.05, 0) is 25.1 Å². The Bertz CT molecular complexity index is 579. The molecule has 20 heavy (non-hydrogen) atoms. The van der Waals surface area contributed by atoms with E-state index in [1.807, 2.05) is 30.3 Å². The van der Waals surface area contributed by atoms with E-state index in [1.165, 1.54) is 5.56 Å². The van der Waals surface area contributed by atoms with Crippen LogP contribution in [-0.2, 0) is 19.7 Å². The van der Waals surface area contributed by atoms with Crippen LogP contribution in [0, 0.1) is 0 Å². The predicted molar refractivity (Wildman–Crippen MR) is 75.3 cm³/mol. The maximum Gasteiger partial charge on any atom is 0.129 e. The van der Waals surface area contributed by atoms with Gasteiger partial charge in [0.1, 0.15) is 30.0 Å². The molecule has 0 fully saturated rings. The van der Waals surface area contributed by atoms with E-state index in [2.05, 4.69) is 17.9 Å². The fourth-order valence-electron chi connectivity index (χ4n) is 2.61. The van der Waals surface area contributed by atoms with E-state index in [-0.39, 0.29) is 12.7 Å². The van der Waals surface area contributed by atoms with E-state index < -0.39 is 0 Å². The van der Waals surface area contributed by atoms with Crippen LogP contribution in [0.2, 0.25) is 0 Å². The number of aliphatic hydroxyl groups excluding tert-OH is 1. The Hall–Kier alpha value is -1.78. The normalized spacial score (nSPS) is 19.2. The van der Waals surface area contributed by atoms with E-state index in [0.29, 0.717) is 5.76 Å². The molecular weight excluding hydrogens is 254 g/mol. The number of hydrogen-bond donors (Lipinski definition) is 1. The molecule has 1 N–H and O–H groups in total. The van der Waals surface area contributed by atoms with Crippen molar-refractivity contribution < 1.29 is 14.3 Å². The minimum absolute atomic E-state index is 0.0532. The Balaban J connectivity index is 1.76. The number of benzene rings is 1. The number of para-hydroxylation sites is 1. The van der Waals surface area contributed by atoms with Crippen LogP contribution in [0.25, 0.3) is 0 Å². The van der Waals surface area contributed by atoms with Crippen LogP contribution in [0.4, 0.5) is 0 Å². The van der Waals surface area contributed by atoms with Crippen molar-refractivity contribution in [3.05, 3.63) is 53.5 Å². The molecule has 0 spiro atoms.